The lowest BCUT2D eigenvalue weighted by Crippen LogP contribution is -2.33. The van der Waals surface area contributed by atoms with Crippen molar-refractivity contribution in [3.05, 3.63) is 54.1 Å². The summed E-state index contributed by atoms with van der Waals surface area (Å²) in [7, 11) is 3.27. The Morgan fingerprint density at radius 2 is 1.81 bits per heavy atom. The van der Waals surface area contributed by atoms with Gasteiger partial charge in [-0.15, -0.1) is 24.0 Å². The van der Waals surface area contributed by atoms with Crippen LogP contribution in [-0.4, -0.2) is 32.8 Å². The molecule has 3 rings (SSSR count). The van der Waals surface area contributed by atoms with E-state index in [0.29, 0.717) is 30.0 Å². The Morgan fingerprint density at radius 3 is 2.46 bits per heavy atom. The lowest BCUT2D eigenvalue weighted by atomic mass is 10.1. The summed E-state index contributed by atoms with van der Waals surface area (Å²) < 4.78 is 10.6. The third kappa shape index (κ3) is 5.03. The Morgan fingerprint density at radius 1 is 1.08 bits per heavy atom. The van der Waals surface area contributed by atoms with Crippen molar-refractivity contribution in [2.45, 2.75) is 25.3 Å². The van der Waals surface area contributed by atoms with E-state index in [1.807, 2.05) is 25.1 Å². The van der Waals surface area contributed by atoms with E-state index in [0.717, 1.165) is 18.1 Å². The molecule has 0 saturated heterocycles. The maximum absolute atomic E-state index is 5.36. The Hall–Kier alpha value is -1.96. The summed E-state index contributed by atoms with van der Waals surface area (Å²) in [6.45, 7) is 2.74. The average molecular weight is 467 g/mol. The Labute approximate surface area is 172 Å². The van der Waals surface area contributed by atoms with E-state index in [2.05, 4.69) is 46.0 Å². The number of nitrogens with one attached hydrogen (secondary N) is 2. The quantitative estimate of drug-likeness (QED) is 0.379. The first-order chi connectivity index (χ1) is 12.2. The number of guanidine groups is 1. The molecule has 2 aromatic rings. The van der Waals surface area contributed by atoms with Gasteiger partial charge >= 0.3 is 0 Å². The minimum absolute atomic E-state index is 0. The third-order valence-electron chi connectivity index (χ3n) is 4.30. The summed E-state index contributed by atoms with van der Waals surface area (Å²) >= 11 is 0. The number of anilines is 1. The van der Waals surface area contributed by atoms with Crippen LogP contribution in [0, 0.1) is 0 Å². The molecule has 2 N–H and O–H groups in total. The summed E-state index contributed by atoms with van der Waals surface area (Å²) in [5, 5.41) is 6.87. The Bertz CT molecular complexity index is 737. The van der Waals surface area contributed by atoms with Gasteiger partial charge in [-0.25, -0.2) is 0 Å². The predicted octanol–water partition coefficient (Wildman–Crippen LogP) is 4.26. The summed E-state index contributed by atoms with van der Waals surface area (Å²) in [5.74, 6) is 2.74. The second-order valence-electron chi connectivity index (χ2n) is 6.02. The minimum Gasteiger partial charge on any atom is -0.493 e. The number of benzene rings is 2. The first kappa shape index (κ1) is 20.4. The number of ether oxygens (including phenoxy) is 2. The van der Waals surface area contributed by atoms with Gasteiger partial charge < -0.3 is 20.1 Å². The lowest BCUT2D eigenvalue weighted by Gasteiger charge is -2.14. The highest BCUT2D eigenvalue weighted by molar-refractivity contribution is 14.0. The van der Waals surface area contributed by atoms with Crippen LogP contribution in [0.25, 0.3) is 0 Å². The normalized spacial score (nSPS) is 18.5. The maximum atomic E-state index is 5.36. The lowest BCUT2D eigenvalue weighted by molar-refractivity contribution is 0.355. The number of hydrogen-bond donors (Lipinski definition) is 2. The van der Waals surface area contributed by atoms with Crippen LogP contribution in [-0.2, 0) is 0 Å². The van der Waals surface area contributed by atoms with Crippen molar-refractivity contribution >= 4 is 35.6 Å². The largest absolute Gasteiger partial charge is 0.493 e. The number of methoxy groups -OCH3 is 2. The Balaban J connectivity index is 0.00000243. The van der Waals surface area contributed by atoms with Gasteiger partial charge in [0.05, 0.1) is 14.2 Å². The van der Waals surface area contributed by atoms with E-state index in [-0.39, 0.29) is 24.0 Å². The Kier molecular flexibility index (Phi) is 7.56. The summed E-state index contributed by atoms with van der Waals surface area (Å²) in [5.41, 5.74) is 2.29. The molecular weight excluding hydrogens is 441 g/mol. The smallest absolute Gasteiger partial charge is 0.196 e. The maximum Gasteiger partial charge on any atom is 0.196 e. The fourth-order valence-corrected chi connectivity index (χ4v) is 2.93. The van der Waals surface area contributed by atoms with Gasteiger partial charge in [-0.3, -0.25) is 4.99 Å². The van der Waals surface area contributed by atoms with Gasteiger partial charge in [0.25, 0.3) is 0 Å². The van der Waals surface area contributed by atoms with Crippen LogP contribution in [0.3, 0.4) is 0 Å². The molecule has 0 heterocycles. The van der Waals surface area contributed by atoms with E-state index >= 15 is 0 Å². The molecule has 0 aliphatic heterocycles. The number of halogens is 1. The molecule has 2 atom stereocenters. The molecule has 0 bridgehead atoms. The van der Waals surface area contributed by atoms with Gasteiger partial charge in [-0.2, -0.15) is 0 Å². The summed E-state index contributed by atoms with van der Waals surface area (Å²) in [6, 6.07) is 16.8. The molecule has 0 spiro atoms. The highest BCUT2D eigenvalue weighted by Crippen LogP contribution is 2.40. The average Bonchev–Trinajstić information content (AvgIpc) is 3.41. The molecule has 140 valence electrons. The highest BCUT2D eigenvalue weighted by Gasteiger charge is 2.38. The zero-order valence-electron chi connectivity index (χ0n) is 15.4. The molecule has 6 heteroatoms. The fraction of sp³-hybridized carbons (Fsp3) is 0.350. The van der Waals surface area contributed by atoms with Crippen molar-refractivity contribution < 1.29 is 9.47 Å². The summed E-state index contributed by atoms with van der Waals surface area (Å²) in [4.78, 5) is 4.55. The zero-order chi connectivity index (χ0) is 17.6. The van der Waals surface area contributed by atoms with Gasteiger partial charge in [0, 0.05) is 30.3 Å². The van der Waals surface area contributed by atoms with Crippen LogP contribution >= 0.6 is 24.0 Å². The first-order valence-corrected chi connectivity index (χ1v) is 8.60. The molecule has 0 radical (unpaired) electrons. The van der Waals surface area contributed by atoms with Crippen molar-refractivity contribution in [1.29, 1.82) is 0 Å². The molecule has 1 aliphatic carbocycles. The molecule has 2 unspecified atom stereocenters. The molecule has 0 amide bonds. The minimum atomic E-state index is 0. The predicted molar refractivity (Wildman–Crippen MR) is 117 cm³/mol. The fourth-order valence-electron chi connectivity index (χ4n) is 2.93. The molecule has 26 heavy (non-hydrogen) atoms. The van der Waals surface area contributed by atoms with Crippen LogP contribution in [0.4, 0.5) is 5.69 Å². The van der Waals surface area contributed by atoms with E-state index < -0.39 is 0 Å². The van der Waals surface area contributed by atoms with Gasteiger partial charge in [-0.1, -0.05) is 30.3 Å². The monoisotopic (exact) mass is 467 g/mol. The van der Waals surface area contributed by atoms with Crippen molar-refractivity contribution in [3.8, 4) is 11.5 Å². The van der Waals surface area contributed by atoms with Crippen LogP contribution in [0.5, 0.6) is 11.5 Å². The molecule has 5 nitrogen and oxygen atoms in total. The zero-order valence-corrected chi connectivity index (χ0v) is 17.7. The van der Waals surface area contributed by atoms with E-state index in [4.69, 9.17) is 9.47 Å². The van der Waals surface area contributed by atoms with Crippen LogP contribution in [0.15, 0.2) is 53.5 Å². The van der Waals surface area contributed by atoms with Gasteiger partial charge in [0.1, 0.15) is 0 Å². The van der Waals surface area contributed by atoms with Crippen LogP contribution in [0.1, 0.15) is 24.8 Å². The van der Waals surface area contributed by atoms with Gasteiger partial charge in [-0.05, 0) is 31.0 Å². The first-order valence-electron chi connectivity index (χ1n) is 8.60. The van der Waals surface area contributed by atoms with E-state index in [1.165, 1.54) is 5.56 Å². The second kappa shape index (κ2) is 9.66. The molecule has 1 saturated carbocycles. The molecule has 1 fully saturated rings. The standard InChI is InChI=1S/C20H25N3O2.HI/c1-4-21-20(22-15-10-11-18(24-2)19(12-15)25-3)23-17-13-16(17)14-8-6-5-7-9-14;/h5-12,16-17H,4,13H2,1-3H3,(H2,21,22,23);1H. The van der Waals surface area contributed by atoms with Crippen molar-refractivity contribution in [2.24, 2.45) is 4.99 Å². The number of hydrogen-bond acceptors (Lipinski definition) is 3. The summed E-state index contributed by atoms with van der Waals surface area (Å²) in [6.07, 6.45) is 1.13. The van der Waals surface area contributed by atoms with Crippen molar-refractivity contribution in [1.82, 2.24) is 5.32 Å². The highest BCUT2D eigenvalue weighted by atomic mass is 127. The van der Waals surface area contributed by atoms with Crippen molar-refractivity contribution in [2.75, 3.05) is 26.1 Å². The van der Waals surface area contributed by atoms with Gasteiger partial charge in [0.2, 0.25) is 0 Å². The second-order valence-corrected chi connectivity index (χ2v) is 6.02. The SMILES string of the molecule is CCN=C(Nc1ccc(OC)c(OC)c1)NC1CC1c1ccccc1.I. The van der Waals surface area contributed by atoms with Crippen LogP contribution < -0.4 is 20.1 Å². The van der Waals surface area contributed by atoms with Crippen LogP contribution in [0.2, 0.25) is 0 Å². The molecular formula is C20H26IN3O2. The topological polar surface area (TPSA) is 54.9 Å². The third-order valence-corrected chi connectivity index (χ3v) is 4.30. The number of rotatable bonds is 6. The van der Waals surface area contributed by atoms with Crippen molar-refractivity contribution in [3.63, 3.8) is 0 Å². The van der Waals surface area contributed by atoms with Gasteiger partial charge in [0.15, 0.2) is 17.5 Å². The molecule has 2 aromatic carbocycles. The number of aliphatic imine (C=N–C) groups is 1. The van der Waals surface area contributed by atoms with E-state index in [9.17, 15) is 0 Å². The molecule has 1 aliphatic rings. The molecule has 0 aromatic heterocycles. The van der Waals surface area contributed by atoms with E-state index in [1.54, 1.807) is 14.2 Å². The number of nitrogens with zero attached hydrogens (tertiary/aromatic N) is 1.